The lowest BCUT2D eigenvalue weighted by Crippen LogP contribution is -2.61. The Morgan fingerprint density at radius 1 is 0.667 bits per heavy atom. The van der Waals surface area contributed by atoms with Gasteiger partial charge in [0.2, 0.25) is 5.91 Å². The average molecular weight is 880 g/mol. The molecule has 0 aromatic heterocycles. The molecule has 60 heavy (non-hydrogen) atoms. The van der Waals surface area contributed by atoms with Crippen molar-refractivity contribution in [3.05, 3.63) is 12.2 Å². The number of hydrogen-bond acceptors (Lipinski definition) is 11. The molecule has 13 nitrogen and oxygen atoms in total. The van der Waals surface area contributed by atoms with E-state index in [4.69, 9.17) is 9.47 Å². The highest BCUT2D eigenvalue weighted by atomic mass is 32.3. The summed E-state index contributed by atoms with van der Waals surface area (Å²) in [6.07, 6.45) is 28.6. The molecule has 0 aliphatic carbocycles. The van der Waals surface area contributed by atoms with Gasteiger partial charge in [0.25, 0.3) is 0 Å². The number of allylic oxidation sites excluding steroid dienone is 1. The maximum absolute atomic E-state index is 13.1. The van der Waals surface area contributed by atoms with Crippen LogP contribution in [0, 0.1) is 0 Å². The molecule has 14 heteroatoms. The van der Waals surface area contributed by atoms with Crippen LogP contribution in [0.2, 0.25) is 0 Å². The minimum absolute atomic E-state index is 0.248. The number of rotatable bonds is 41. The Balaban J connectivity index is 2.56. The molecule has 0 saturated carbocycles. The summed E-state index contributed by atoms with van der Waals surface area (Å²) in [6.45, 7) is 3.23. The Morgan fingerprint density at radius 3 is 1.50 bits per heavy atom. The number of unbranched alkanes of at least 4 members (excludes halogenated alkanes) is 28. The maximum Gasteiger partial charge on any atom is 0.397 e. The minimum atomic E-state index is -5.11. The van der Waals surface area contributed by atoms with E-state index in [9.17, 15) is 43.3 Å². The van der Waals surface area contributed by atoms with Crippen molar-refractivity contribution in [3.8, 4) is 0 Å². The Bertz CT molecular complexity index is 1140. The first-order valence-corrected chi connectivity index (χ1v) is 25.5. The van der Waals surface area contributed by atoms with E-state index < -0.39 is 78.5 Å². The first kappa shape index (κ1) is 56.8. The van der Waals surface area contributed by atoms with Gasteiger partial charge < -0.3 is 40.3 Å². The van der Waals surface area contributed by atoms with Crippen molar-refractivity contribution in [3.63, 3.8) is 0 Å². The highest BCUT2D eigenvalue weighted by Gasteiger charge is 2.48. The zero-order chi connectivity index (χ0) is 44.3. The SMILES string of the molecule is CCCCCCCCCCCCCCCCCC/C=C/C(O)C(COC1OC(CO)C(O)C(OS(=O)(=O)O)C1O)NC(=O)C(O)CCCCCCCCCCCCCCC. The van der Waals surface area contributed by atoms with Gasteiger partial charge in [-0.25, -0.2) is 4.18 Å². The summed E-state index contributed by atoms with van der Waals surface area (Å²) >= 11 is 0. The zero-order valence-electron chi connectivity index (χ0n) is 37.6. The molecular formula is C46H89NO12S. The normalized spacial score (nSPS) is 21.4. The molecular weight excluding hydrogens is 791 g/mol. The fourth-order valence-corrected chi connectivity index (χ4v) is 8.32. The van der Waals surface area contributed by atoms with Crippen LogP contribution < -0.4 is 5.32 Å². The third-order valence-electron chi connectivity index (χ3n) is 11.7. The van der Waals surface area contributed by atoms with Gasteiger partial charge in [0, 0.05) is 0 Å². The molecule has 0 aromatic rings. The van der Waals surface area contributed by atoms with Crippen molar-refractivity contribution in [2.24, 2.45) is 0 Å². The number of hydrogen-bond donors (Lipinski definition) is 7. The van der Waals surface area contributed by atoms with Crippen LogP contribution in [-0.4, -0.2) is 107 Å². The summed E-state index contributed by atoms with van der Waals surface area (Å²) in [5, 5.41) is 55.2. The van der Waals surface area contributed by atoms with E-state index in [0.717, 1.165) is 38.5 Å². The van der Waals surface area contributed by atoms with Crippen LogP contribution >= 0.6 is 0 Å². The van der Waals surface area contributed by atoms with E-state index in [-0.39, 0.29) is 6.42 Å². The number of aliphatic hydroxyl groups excluding tert-OH is 5. The number of aliphatic hydroxyl groups is 5. The topological polar surface area (TPSA) is 212 Å². The lowest BCUT2D eigenvalue weighted by molar-refractivity contribution is -0.298. The molecule has 1 aliphatic heterocycles. The molecule has 0 aromatic carbocycles. The first-order chi connectivity index (χ1) is 28.9. The number of nitrogens with one attached hydrogen (secondary N) is 1. The van der Waals surface area contributed by atoms with Crippen molar-refractivity contribution in [1.29, 1.82) is 0 Å². The lowest BCUT2D eigenvalue weighted by Gasteiger charge is -2.41. The van der Waals surface area contributed by atoms with Crippen LogP contribution in [0.3, 0.4) is 0 Å². The fraction of sp³-hybridized carbons (Fsp3) is 0.935. The number of carbonyl (C=O) groups is 1. The lowest BCUT2D eigenvalue weighted by atomic mass is 9.99. The van der Waals surface area contributed by atoms with Gasteiger partial charge >= 0.3 is 10.4 Å². The first-order valence-electron chi connectivity index (χ1n) is 24.2. The van der Waals surface area contributed by atoms with Gasteiger partial charge in [-0.15, -0.1) is 0 Å². The summed E-state index contributed by atoms with van der Waals surface area (Å²) in [5.74, 6) is -0.700. The molecule has 7 N–H and O–H groups in total. The van der Waals surface area contributed by atoms with Crippen molar-refractivity contribution in [2.45, 2.75) is 262 Å². The van der Waals surface area contributed by atoms with Crippen LogP contribution in [0.15, 0.2) is 12.2 Å². The van der Waals surface area contributed by atoms with Crippen LogP contribution in [0.1, 0.15) is 213 Å². The average Bonchev–Trinajstić information content (AvgIpc) is 3.22. The molecule has 0 spiro atoms. The summed E-state index contributed by atoms with van der Waals surface area (Å²) in [5.41, 5.74) is 0. The third kappa shape index (κ3) is 29.2. The highest BCUT2D eigenvalue weighted by molar-refractivity contribution is 7.80. The number of carbonyl (C=O) groups excluding carboxylic acids is 1. The van der Waals surface area contributed by atoms with Gasteiger partial charge in [0.05, 0.1) is 25.4 Å². The molecule has 0 bridgehead atoms. The predicted molar refractivity (Wildman–Crippen MR) is 238 cm³/mol. The van der Waals surface area contributed by atoms with E-state index in [1.54, 1.807) is 6.08 Å². The van der Waals surface area contributed by atoms with Gasteiger partial charge in [-0.2, -0.15) is 8.42 Å². The maximum atomic E-state index is 13.1. The van der Waals surface area contributed by atoms with Crippen LogP contribution in [0.5, 0.6) is 0 Å². The van der Waals surface area contributed by atoms with E-state index >= 15 is 0 Å². The van der Waals surface area contributed by atoms with E-state index in [1.807, 2.05) is 6.08 Å². The smallest absolute Gasteiger partial charge is 0.394 e. The largest absolute Gasteiger partial charge is 0.397 e. The zero-order valence-corrected chi connectivity index (χ0v) is 38.5. The minimum Gasteiger partial charge on any atom is -0.394 e. The second kappa shape index (κ2) is 37.2. The molecule has 8 atom stereocenters. The van der Waals surface area contributed by atoms with Crippen molar-refractivity contribution < 1.29 is 57.0 Å². The van der Waals surface area contributed by atoms with Crippen molar-refractivity contribution >= 4 is 16.3 Å². The van der Waals surface area contributed by atoms with Crippen LogP contribution in [0.25, 0.3) is 0 Å². The van der Waals surface area contributed by atoms with Crippen molar-refractivity contribution in [2.75, 3.05) is 13.2 Å². The molecule has 356 valence electrons. The summed E-state index contributed by atoms with van der Waals surface area (Å²) in [7, 11) is -5.11. The molecule has 1 saturated heterocycles. The van der Waals surface area contributed by atoms with Gasteiger partial charge in [0.15, 0.2) is 6.29 Å². The van der Waals surface area contributed by atoms with E-state index in [2.05, 4.69) is 23.3 Å². The molecule has 0 radical (unpaired) electrons. The Labute approximate surface area is 364 Å². The predicted octanol–water partition coefficient (Wildman–Crippen LogP) is 8.53. The summed E-state index contributed by atoms with van der Waals surface area (Å²) in [6, 6.07) is -1.11. The van der Waals surface area contributed by atoms with Crippen molar-refractivity contribution in [1.82, 2.24) is 5.32 Å². The second-order valence-electron chi connectivity index (χ2n) is 17.2. The fourth-order valence-electron chi connectivity index (χ4n) is 7.81. The Hall–Kier alpha value is -1.20. The van der Waals surface area contributed by atoms with Crippen LogP contribution in [0.4, 0.5) is 0 Å². The molecule has 8 unspecified atom stereocenters. The number of ether oxygens (including phenoxy) is 2. The molecule has 1 rings (SSSR count). The van der Waals surface area contributed by atoms with E-state index in [0.29, 0.717) is 12.8 Å². The second-order valence-corrected chi connectivity index (χ2v) is 18.2. The van der Waals surface area contributed by atoms with Gasteiger partial charge in [-0.1, -0.05) is 206 Å². The van der Waals surface area contributed by atoms with Gasteiger partial charge in [-0.3, -0.25) is 9.35 Å². The highest BCUT2D eigenvalue weighted by Crippen LogP contribution is 2.26. The van der Waals surface area contributed by atoms with E-state index in [1.165, 1.54) is 141 Å². The third-order valence-corrected chi connectivity index (χ3v) is 12.1. The molecule has 1 aliphatic rings. The summed E-state index contributed by atoms with van der Waals surface area (Å²) < 4.78 is 47.5. The quantitative estimate of drug-likeness (QED) is 0.0175. The molecule has 1 fully saturated rings. The molecule has 1 amide bonds. The monoisotopic (exact) mass is 880 g/mol. The summed E-state index contributed by atoms with van der Waals surface area (Å²) in [4.78, 5) is 13.1. The standard InChI is InChI=1S/C46H89NO12S/c1-3-5-7-9-11-13-15-17-18-19-20-21-23-24-26-28-30-32-34-39(49)38(37-57-46-43(52)44(59-60(54,55)56)42(51)41(36-48)58-46)47-45(53)40(50)35-33-31-29-27-25-22-16-14-12-10-8-6-4-2/h32,34,38-44,46,48-52H,3-31,33,35-37H2,1-2H3,(H,47,53)(H,54,55,56)/b34-32+. The number of amides is 1. The Morgan fingerprint density at radius 2 is 1.08 bits per heavy atom. The Kier molecular flexibility index (Phi) is 35.2. The van der Waals surface area contributed by atoms with Gasteiger partial charge in [-0.05, 0) is 19.3 Å². The van der Waals surface area contributed by atoms with Crippen LogP contribution in [-0.2, 0) is 28.9 Å². The molecule has 1 heterocycles. The van der Waals surface area contributed by atoms with Gasteiger partial charge in [0.1, 0.15) is 30.5 Å².